The Hall–Kier alpha value is -2.88. The normalized spacial score (nSPS) is 21.1. The van der Waals surface area contributed by atoms with Crippen LogP contribution in [0.5, 0.6) is 5.75 Å². The van der Waals surface area contributed by atoms with Crippen LogP contribution < -0.4 is 10.1 Å². The molecule has 1 aliphatic heterocycles. The SMILES string of the molecule is CC1(C)CC(=O)C2=C(C1)NC(=O)CC2c1ccc(OCc2ccccc2)cc1. The molecule has 28 heavy (non-hydrogen) atoms. The number of Topliss-reactive ketones (excluding diaryl/α,β-unsaturated/α-hetero) is 1. The monoisotopic (exact) mass is 375 g/mol. The number of amides is 1. The lowest BCUT2D eigenvalue weighted by Gasteiger charge is -2.37. The van der Waals surface area contributed by atoms with Crippen LogP contribution in [0.1, 0.15) is 50.2 Å². The number of allylic oxidation sites excluding steroid dienone is 2. The first kappa shape index (κ1) is 18.5. The summed E-state index contributed by atoms with van der Waals surface area (Å²) in [5.74, 6) is 0.744. The van der Waals surface area contributed by atoms with Crippen molar-refractivity contribution >= 4 is 11.7 Å². The molecule has 144 valence electrons. The average molecular weight is 375 g/mol. The third-order valence-electron chi connectivity index (χ3n) is 5.48. The van der Waals surface area contributed by atoms with E-state index in [-0.39, 0.29) is 23.0 Å². The van der Waals surface area contributed by atoms with E-state index >= 15 is 0 Å². The lowest BCUT2D eigenvalue weighted by molar-refractivity contribution is -0.122. The van der Waals surface area contributed by atoms with E-state index in [1.165, 1.54) is 0 Å². The zero-order valence-electron chi connectivity index (χ0n) is 16.3. The van der Waals surface area contributed by atoms with Crippen molar-refractivity contribution in [2.45, 2.75) is 45.6 Å². The van der Waals surface area contributed by atoms with Gasteiger partial charge in [-0.2, -0.15) is 0 Å². The van der Waals surface area contributed by atoms with Crippen LogP contribution in [0.4, 0.5) is 0 Å². The molecular weight excluding hydrogens is 350 g/mol. The second kappa shape index (κ2) is 7.27. The first-order chi connectivity index (χ1) is 13.4. The molecule has 0 aromatic heterocycles. The van der Waals surface area contributed by atoms with Gasteiger partial charge < -0.3 is 10.1 Å². The predicted octanol–water partition coefficient (Wildman–Crippen LogP) is 4.51. The zero-order chi connectivity index (χ0) is 19.7. The Kier molecular flexibility index (Phi) is 4.80. The maximum absolute atomic E-state index is 12.8. The maximum atomic E-state index is 12.8. The second-order valence-electron chi connectivity index (χ2n) is 8.48. The van der Waals surface area contributed by atoms with Crippen molar-refractivity contribution in [2.75, 3.05) is 0 Å². The molecule has 4 heteroatoms. The van der Waals surface area contributed by atoms with Gasteiger partial charge in [-0.25, -0.2) is 0 Å². The molecule has 1 unspecified atom stereocenters. The minimum Gasteiger partial charge on any atom is -0.489 e. The van der Waals surface area contributed by atoms with Crippen molar-refractivity contribution in [2.24, 2.45) is 5.41 Å². The van der Waals surface area contributed by atoms with E-state index in [9.17, 15) is 9.59 Å². The fraction of sp³-hybridized carbons (Fsp3) is 0.333. The van der Waals surface area contributed by atoms with Crippen LogP contribution in [-0.2, 0) is 16.2 Å². The van der Waals surface area contributed by atoms with Crippen molar-refractivity contribution in [1.29, 1.82) is 0 Å². The van der Waals surface area contributed by atoms with E-state index in [0.29, 0.717) is 19.4 Å². The van der Waals surface area contributed by atoms with Crippen molar-refractivity contribution in [3.05, 3.63) is 77.0 Å². The summed E-state index contributed by atoms with van der Waals surface area (Å²) in [4.78, 5) is 25.1. The highest BCUT2D eigenvalue weighted by atomic mass is 16.5. The standard InChI is InChI=1S/C24H25NO3/c1-24(2)13-20-23(21(26)14-24)19(12-22(27)25-20)17-8-10-18(11-9-17)28-15-16-6-4-3-5-7-16/h3-11,19H,12-15H2,1-2H3,(H,25,27). The summed E-state index contributed by atoms with van der Waals surface area (Å²) < 4.78 is 5.85. The van der Waals surface area contributed by atoms with E-state index in [2.05, 4.69) is 19.2 Å². The maximum Gasteiger partial charge on any atom is 0.225 e. The fourth-order valence-corrected chi connectivity index (χ4v) is 4.18. The van der Waals surface area contributed by atoms with Crippen LogP contribution in [0.3, 0.4) is 0 Å². The largest absolute Gasteiger partial charge is 0.489 e. The fourth-order valence-electron chi connectivity index (χ4n) is 4.18. The molecule has 1 atom stereocenters. The van der Waals surface area contributed by atoms with Crippen molar-refractivity contribution in [3.63, 3.8) is 0 Å². The molecule has 1 aliphatic carbocycles. The van der Waals surface area contributed by atoms with Gasteiger partial charge in [0, 0.05) is 30.0 Å². The van der Waals surface area contributed by atoms with E-state index in [4.69, 9.17) is 4.74 Å². The molecule has 0 radical (unpaired) electrons. The van der Waals surface area contributed by atoms with Crippen molar-refractivity contribution < 1.29 is 14.3 Å². The molecular formula is C24H25NO3. The quantitative estimate of drug-likeness (QED) is 0.855. The highest BCUT2D eigenvalue weighted by molar-refractivity contribution is 6.02. The smallest absolute Gasteiger partial charge is 0.225 e. The number of rotatable bonds is 4. The first-order valence-corrected chi connectivity index (χ1v) is 9.74. The van der Waals surface area contributed by atoms with Crippen LogP contribution in [0, 0.1) is 5.41 Å². The molecule has 4 rings (SSSR count). The van der Waals surface area contributed by atoms with Gasteiger partial charge in [0.2, 0.25) is 5.91 Å². The van der Waals surface area contributed by atoms with Crippen molar-refractivity contribution in [1.82, 2.24) is 5.32 Å². The van der Waals surface area contributed by atoms with Gasteiger partial charge in [-0.3, -0.25) is 9.59 Å². The van der Waals surface area contributed by atoms with E-state index in [1.807, 2.05) is 54.6 Å². The van der Waals surface area contributed by atoms with E-state index < -0.39 is 0 Å². The number of ether oxygens (including phenoxy) is 1. The van der Waals surface area contributed by atoms with Gasteiger partial charge in [0.25, 0.3) is 0 Å². The molecule has 2 aromatic carbocycles. The third-order valence-corrected chi connectivity index (χ3v) is 5.48. The number of benzene rings is 2. The third kappa shape index (κ3) is 3.86. The Morgan fingerprint density at radius 3 is 2.43 bits per heavy atom. The summed E-state index contributed by atoms with van der Waals surface area (Å²) in [5.41, 5.74) is 3.59. The lowest BCUT2D eigenvalue weighted by atomic mass is 9.70. The summed E-state index contributed by atoms with van der Waals surface area (Å²) >= 11 is 0. The molecule has 0 saturated heterocycles. The molecule has 1 amide bonds. The highest BCUT2D eigenvalue weighted by Crippen LogP contribution is 2.44. The number of hydrogen-bond donors (Lipinski definition) is 1. The topological polar surface area (TPSA) is 55.4 Å². The van der Waals surface area contributed by atoms with Crippen LogP contribution in [0.25, 0.3) is 0 Å². The summed E-state index contributed by atoms with van der Waals surface area (Å²) in [6.45, 7) is 4.65. The van der Waals surface area contributed by atoms with E-state index in [0.717, 1.165) is 34.6 Å². The molecule has 0 fully saturated rings. The van der Waals surface area contributed by atoms with Gasteiger partial charge >= 0.3 is 0 Å². The number of carbonyl (C=O) groups is 2. The van der Waals surface area contributed by atoms with Gasteiger partial charge in [0.15, 0.2) is 5.78 Å². The summed E-state index contributed by atoms with van der Waals surface area (Å²) in [6, 6.07) is 17.8. The minimum atomic E-state index is -0.171. The van der Waals surface area contributed by atoms with Gasteiger partial charge in [-0.05, 0) is 35.1 Å². The van der Waals surface area contributed by atoms with Gasteiger partial charge in [0.1, 0.15) is 12.4 Å². The number of hydrogen-bond acceptors (Lipinski definition) is 3. The number of nitrogens with one attached hydrogen (secondary N) is 1. The van der Waals surface area contributed by atoms with Crippen LogP contribution in [0.2, 0.25) is 0 Å². The molecule has 2 aliphatic rings. The molecule has 0 spiro atoms. The molecule has 0 saturated carbocycles. The van der Waals surface area contributed by atoms with Gasteiger partial charge in [-0.1, -0.05) is 56.3 Å². The molecule has 4 nitrogen and oxygen atoms in total. The number of ketones is 1. The van der Waals surface area contributed by atoms with E-state index in [1.54, 1.807) is 0 Å². The van der Waals surface area contributed by atoms with Crippen LogP contribution in [-0.4, -0.2) is 11.7 Å². The lowest BCUT2D eigenvalue weighted by Crippen LogP contribution is -2.40. The second-order valence-corrected chi connectivity index (χ2v) is 8.48. The minimum absolute atomic E-state index is 0.0151. The molecule has 0 bridgehead atoms. The Bertz CT molecular complexity index is 926. The van der Waals surface area contributed by atoms with Crippen molar-refractivity contribution in [3.8, 4) is 5.75 Å². The Balaban J connectivity index is 1.54. The predicted molar refractivity (Wildman–Crippen MR) is 108 cm³/mol. The van der Waals surface area contributed by atoms with Gasteiger partial charge in [-0.15, -0.1) is 0 Å². The highest BCUT2D eigenvalue weighted by Gasteiger charge is 2.40. The summed E-state index contributed by atoms with van der Waals surface area (Å²) in [5, 5.41) is 2.95. The molecule has 1 heterocycles. The molecule has 2 aromatic rings. The zero-order valence-corrected chi connectivity index (χ0v) is 16.3. The average Bonchev–Trinajstić information content (AvgIpc) is 2.65. The van der Waals surface area contributed by atoms with Crippen LogP contribution in [0.15, 0.2) is 65.9 Å². The Labute approximate surface area is 165 Å². The molecule has 1 N–H and O–H groups in total. The Morgan fingerprint density at radius 1 is 1.00 bits per heavy atom. The van der Waals surface area contributed by atoms with Crippen LogP contribution >= 0.6 is 0 Å². The first-order valence-electron chi connectivity index (χ1n) is 9.74. The summed E-state index contributed by atoms with van der Waals surface area (Å²) in [6.07, 6.45) is 1.57. The summed E-state index contributed by atoms with van der Waals surface area (Å²) in [7, 11) is 0. The number of carbonyl (C=O) groups excluding carboxylic acids is 2. The Morgan fingerprint density at radius 2 is 1.71 bits per heavy atom. The van der Waals surface area contributed by atoms with Gasteiger partial charge in [0.05, 0.1) is 0 Å².